The largest absolute Gasteiger partial charge is 0.502 e. The van der Waals surface area contributed by atoms with Crippen molar-refractivity contribution in [1.82, 2.24) is 5.32 Å². The van der Waals surface area contributed by atoms with Gasteiger partial charge >= 0.3 is 0 Å². The van der Waals surface area contributed by atoms with Crippen LogP contribution in [0.2, 0.25) is 0 Å². The smallest absolute Gasteiger partial charge is 0.0885 e. The van der Waals surface area contributed by atoms with Crippen LogP contribution in [0.3, 0.4) is 0 Å². The first-order valence-corrected chi connectivity index (χ1v) is 5.17. The van der Waals surface area contributed by atoms with Gasteiger partial charge in [0.2, 0.25) is 0 Å². The van der Waals surface area contributed by atoms with Crippen molar-refractivity contribution in [2.45, 2.75) is 26.3 Å². The Bertz CT molecular complexity index is 137. The number of hydrogen-bond acceptors (Lipinski definition) is 3. The Morgan fingerprint density at radius 2 is 2.14 bits per heavy atom. The van der Waals surface area contributed by atoms with E-state index in [2.05, 4.69) is 25.7 Å². The van der Waals surface area contributed by atoms with Crippen LogP contribution in [0.5, 0.6) is 0 Å². The maximum Gasteiger partial charge on any atom is 0.0885 e. The van der Waals surface area contributed by atoms with Crippen molar-refractivity contribution in [3.63, 3.8) is 0 Å². The molecule has 0 radical (unpaired) electrons. The maximum atomic E-state index is 5.13. The Kier molecular flexibility index (Phi) is 8.68. The third-order valence-corrected chi connectivity index (χ3v) is 2.11. The number of hydrogen-bond donors (Lipinski definition) is 1. The van der Waals surface area contributed by atoms with E-state index in [1.807, 2.05) is 0 Å². The molecule has 0 aliphatic rings. The highest BCUT2D eigenvalue weighted by atomic mass is 16.5. The lowest BCUT2D eigenvalue weighted by Crippen LogP contribution is -2.38. The molecule has 0 heterocycles. The predicted octanol–water partition coefficient (Wildman–Crippen LogP) is 1.80. The first-order valence-electron chi connectivity index (χ1n) is 5.17. The van der Waals surface area contributed by atoms with Gasteiger partial charge in [-0.2, -0.15) is 0 Å². The lowest BCUT2D eigenvalue weighted by molar-refractivity contribution is 0.145. The summed E-state index contributed by atoms with van der Waals surface area (Å²) in [4.78, 5) is 0. The third kappa shape index (κ3) is 6.92. The summed E-state index contributed by atoms with van der Waals surface area (Å²) in [6, 6.07) is 0.434. The van der Waals surface area contributed by atoms with E-state index in [4.69, 9.17) is 9.47 Å². The summed E-state index contributed by atoms with van der Waals surface area (Å²) in [5.74, 6) is 0.593. The Morgan fingerprint density at radius 1 is 1.43 bits per heavy atom. The molecule has 0 fully saturated rings. The molecular formula is C11H23NO2. The molecule has 1 atom stereocenters. The van der Waals surface area contributed by atoms with Crippen LogP contribution < -0.4 is 5.32 Å². The van der Waals surface area contributed by atoms with E-state index in [1.54, 1.807) is 7.11 Å². The van der Waals surface area contributed by atoms with Crippen molar-refractivity contribution in [2.24, 2.45) is 5.92 Å². The van der Waals surface area contributed by atoms with Crippen molar-refractivity contribution in [3.8, 4) is 0 Å². The highest BCUT2D eigenvalue weighted by molar-refractivity contribution is 4.69. The number of ether oxygens (including phenoxy) is 2. The summed E-state index contributed by atoms with van der Waals surface area (Å²) in [7, 11) is 1.73. The molecule has 0 rings (SSSR count). The fourth-order valence-electron chi connectivity index (χ4n) is 1.19. The molecule has 0 aromatic carbocycles. The van der Waals surface area contributed by atoms with Crippen LogP contribution in [-0.4, -0.2) is 32.9 Å². The van der Waals surface area contributed by atoms with Gasteiger partial charge in [-0.25, -0.2) is 0 Å². The zero-order valence-corrected chi connectivity index (χ0v) is 9.58. The van der Waals surface area contributed by atoms with Gasteiger partial charge in [0.15, 0.2) is 0 Å². The van der Waals surface area contributed by atoms with Gasteiger partial charge in [0, 0.05) is 13.2 Å². The number of methoxy groups -OCH3 is 1. The molecule has 1 unspecified atom stereocenters. The molecule has 0 aliphatic heterocycles. The van der Waals surface area contributed by atoms with Gasteiger partial charge < -0.3 is 14.8 Å². The Hall–Kier alpha value is -0.540. The molecule has 0 aromatic rings. The number of nitrogens with one attached hydrogen (secondary N) is 1. The molecule has 0 saturated heterocycles. The van der Waals surface area contributed by atoms with Crippen LogP contribution in [0.4, 0.5) is 0 Å². The second-order valence-corrected chi connectivity index (χ2v) is 3.65. The van der Waals surface area contributed by atoms with E-state index in [-0.39, 0.29) is 0 Å². The van der Waals surface area contributed by atoms with Gasteiger partial charge in [0.05, 0.1) is 19.5 Å². The minimum atomic E-state index is 0.434. The summed E-state index contributed by atoms with van der Waals surface area (Å²) < 4.78 is 10.2. The first-order chi connectivity index (χ1) is 6.72. The lowest BCUT2D eigenvalue weighted by atomic mass is 10.1. The second-order valence-electron chi connectivity index (χ2n) is 3.65. The maximum absolute atomic E-state index is 5.13. The molecule has 0 bridgehead atoms. The minimum absolute atomic E-state index is 0.434. The van der Waals surface area contributed by atoms with Gasteiger partial charge in [-0.15, -0.1) is 0 Å². The van der Waals surface area contributed by atoms with E-state index in [0.717, 1.165) is 26.2 Å². The molecule has 3 heteroatoms. The third-order valence-electron chi connectivity index (χ3n) is 2.11. The lowest BCUT2D eigenvalue weighted by Gasteiger charge is -2.21. The van der Waals surface area contributed by atoms with Gasteiger partial charge in [-0.1, -0.05) is 20.4 Å². The monoisotopic (exact) mass is 201 g/mol. The molecule has 14 heavy (non-hydrogen) atoms. The van der Waals surface area contributed by atoms with E-state index in [1.165, 1.54) is 6.26 Å². The van der Waals surface area contributed by atoms with E-state index in [0.29, 0.717) is 12.0 Å². The molecule has 84 valence electrons. The van der Waals surface area contributed by atoms with Crippen molar-refractivity contribution >= 4 is 0 Å². The Balaban J connectivity index is 3.45. The van der Waals surface area contributed by atoms with Crippen LogP contribution in [0.25, 0.3) is 0 Å². The van der Waals surface area contributed by atoms with Gasteiger partial charge in [0.25, 0.3) is 0 Å². The van der Waals surface area contributed by atoms with Crippen LogP contribution in [0.15, 0.2) is 12.8 Å². The summed E-state index contributed by atoms with van der Waals surface area (Å²) >= 11 is 0. The standard InChI is InChI=1S/C11H23NO2/c1-5-14-8-6-7-12-11(9-13-4)10(2)3/h5,10-12H,1,6-9H2,2-4H3. The van der Waals surface area contributed by atoms with Crippen molar-refractivity contribution < 1.29 is 9.47 Å². The average Bonchev–Trinajstić information content (AvgIpc) is 2.15. The van der Waals surface area contributed by atoms with Crippen LogP contribution >= 0.6 is 0 Å². The molecule has 0 aliphatic carbocycles. The normalized spacial score (nSPS) is 12.9. The predicted molar refractivity (Wildman–Crippen MR) is 59.3 cm³/mol. The summed E-state index contributed by atoms with van der Waals surface area (Å²) in [6.07, 6.45) is 2.48. The van der Waals surface area contributed by atoms with Crippen LogP contribution in [-0.2, 0) is 9.47 Å². The molecule has 0 spiro atoms. The Morgan fingerprint density at radius 3 is 2.64 bits per heavy atom. The van der Waals surface area contributed by atoms with E-state index in [9.17, 15) is 0 Å². The molecule has 1 N–H and O–H groups in total. The van der Waals surface area contributed by atoms with Crippen molar-refractivity contribution in [1.29, 1.82) is 0 Å². The molecule has 0 amide bonds. The van der Waals surface area contributed by atoms with Crippen LogP contribution in [0, 0.1) is 5.92 Å². The number of rotatable bonds is 9. The zero-order valence-electron chi connectivity index (χ0n) is 9.58. The highest BCUT2D eigenvalue weighted by Crippen LogP contribution is 2.01. The molecule has 0 saturated carbocycles. The summed E-state index contributed by atoms with van der Waals surface area (Å²) in [5.41, 5.74) is 0. The average molecular weight is 201 g/mol. The van der Waals surface area contributed by atoms with Crippen molar-refractivity contribution in [3.05, 3.63) is 12.8 Å². The zero-order chi connectivity index (χ0) is 10.8. The fourth-order valence-corrected chi connectivity index (χ4v) is 1.19. The fraction of sp³-hybridized carbons (Fsp3) is 0.818. The summed E-state index contributed by atoms with van der Waals surface area (Å²) in [5, 5.41) is 3.44. The summed E-state index contributed by atoms with van der Waals surface area (Å²) in [6.45, 7) is 10.3. The Labute approximate surface area is 87.5 Å². The SMILES string of the molecule is C=COCCCNC(COC)C(C)C. The van der Waals surface area contributed by atoms with Gasteiger partial charge in [-0.3, -0.25) is 0 Å². The van der Waals surface area contributed by atoms with Crippen LogP contribution in [0.1, 0.15) is 20.3 Å². The van der Waals surface area contributed by atoms with E-state index >= 15 is 0 Å². The first kappa shape index (κ1) is 13.5. The minimum Gasteiger partial charge on any atom is -0.502 e. The molecular weight excluding hydrogens is 178 g/mol. The van der Waals surface area contributed by atoms with Crippen molar-refractivity contribution in [2.75, 3.05) is 26.9 Å². The second kappa shape index (κ2) is 9.03. The topological polar surface area (TPSA) is 30.5 Å². The molecule has 3 nitrogen and oxygen atoms in total. The highest BCUT2D eigenvalue weighted by Gasteiger charge is 2.11. The van der Waals surface area contributed by atoms with Gasteiger partial charge in [-0.05, 0) is 18.9 Å². The van der Waals surface area contributed by atoms with Gasteiger partial charge in [0.1, 0.15) is 0 Å². The molecule has 0 aromatic heterocycles. The van der Waals surface area contributed by atoms with E-state index < -0.39 is 0 Å². The quantitative estimate of drug-likeness (QED) is 0.456.